The first-order chi connectivity index (χ1) is 16.9. The van der Waals surface area contributed by atoms with Crippen molar-refractivity contribution in [3.8, 4) is 0 Å². The maximum atomic E-state index is 2.86. The fourth-order valence-electron chi connectivity index (χ4n) is 6.86. The maximum Gasteiger partial charge on any atom is 0.0481 e. The van der Waals surface area contributed by atoms with E-state index in [0.717, 1.165) is 23.7 Å². The summed E-state index contributed by atoms with van der Waals surface area (Å²) < 4.78 is 0. The lowest BCUT2D eigenvalue weighted by Gasteiger charge is -2.40. The van der Waals surface area contributed by atoms with E-state index in [1.807, 2.05) is 0 Å². The first-order valence-corrected chi connectivity index (χ1v) is 23.2. The van der Waals surface area contributed by atoms with Crippen LogP contribution in [-0.2, 0) is 0 Å². The van der Waals surface area contributed by atoms with Crippen LogP contribution in [0, 0.1) is 23.7 Å². The molecule has 0 nitrogen and oxygen atoms in total. The maximum absolute atomic E-state index is 2.86. The van der Waals surface area contributed by atoms with Gasteiger partial charge in [-0.05, 0) is 23.7 Å². The molecule has 0 radical (unpaired) electrons. The first-order valence-electron chi connectivity index (χ1n) is 16.9. The second kappa shape index (κ2) is 21.3. The highest BCUT2D eigenvalue weighted by atomic mass is 28.4. The van der Waals surface area contributed by atoms with E-state index in [1.54, 1.807) is 29.8 Å². The molecule has 4 unspecified atom stereocenters. The molecule has 0 saturated carbocycles. The van der Waals surface area contributed by atoms with Gasteiger partial charge in [-0.15, -0.1) is 0 Å². The molecule has 0 aromatic carbocycles. The third kappa shape index (κ3) is 20.4. The highest BCUT2D eigenvalue weighted by Crippen LogP contribution is 2.38. The summed E-state index contributed by atoms with van der Waals surface area (Å²) in [5, 5.41) is 0. The Hall–Kier alpha value is 0.434. The van der Waals surface area contributed by atoms with Crippen LogP contribution in [0.2, 0.25) is 42.9 Å². The van der Waals surface area contributed by atoms with Gasteiger partial charge in [0.15, 0.2) is 0 Å². The van der Waals surface area contributed by atoms with Crippen LogP contribution in [0.15, 0.2) is 0 Å². The Balaban J connectivity index is 4.98. The molecule has 0 amide bonds. The Morgan fingerprint density at radius 3 is 1.50 bits per heavy atom. The van der Waals surface area contributed by atoms with Crippen LogP contribution in [0.4, 0.5) is 0 Å². The predicted molar refractivity (Wildman–Crippen MR) is 176 cm³/mol. The molecule has 0 heterocycles. The third-order valence-corrected chi connectivity index (χ3v) is 22.5. The summed E-state index contributed by atoms with van der Waals surface area (Å²) in [4.78, 5) is 0. The molecule has 0 saturated heterocycles. The van der Waals surface area contributed by atoms with E-state index < -0.39 is 16.1 Å². The Kier molecular flexibility index (Phi) is 21.5. The minimum atomic E-state index is -1.19. The van der Waals surface area contributed by atoms with Crippen molar-refractivity contribution in [1.29, 1.82) is 0 Å². The number of hydrogen-bond donors (Lipinski definition) is 0. The van der Waals surface area contributed by atoms with Gasteiger partial charge in [0.25, 0.3) is 0 Å². The van der Waals surface area contributed by atoms with Gasteiger partial charge in [0, 0.05) is 16.1 Å². The van der Waals surface area contributed by atoms with E-state index in [1.165, 1.54) is 96.3 Å². The van der Waals surface area contributed by atoms with Gasteiger partial charge in [-0.3, -0.25) is 0 Å². The van der Waals surface area contributed by atoms with Crippen molar-refractivity contribution in [3.05, 3.63) is 0 Å². The fourth-order valence-corrected chi connectivity index (χ4v) is 23.7. The van der Waals surface area contributed by atoms with Crippen molar-refractivity contribution in [2.24, 2.45) is 23.7 Å². The van der Waals surface area contributed by atoms with Crippen LogP contribution in [0.5, 0.6) is 0 Å². The lowest BCUT2D eigenvalue weighted by molar-refractivity contribution is 0.447. The minimum absolute atomic E-state index is 0.871. The summed E-state index contributed by atoms with van der Waals surface area (Å²) in [6.07, 6.45) is 22.0. The Labute approximate surface area is 234 Å². The molecule has 0 aliphatic carbocycles. The Morgan fingerprint density at radius 1 is 0.472 bits per heavy atom. The van der Waals surface area contributed by atoms with Gasteiger partial charge in [0.1, 0.15) is 0 Å². The van der Waals surface area contributed by atoms with Crippen molar-refractivity contribution >= 4 is 16.1 Å². The molecule has 0 N–H and O–H groups in total. The zero-order chi connectivity index (χ0) is 27.5. The number of hydrogen-bond acceptors (Lipinski definition) is 0. The van der Waals surface area contributed by atoms with Gasteiger partial charge in [-0.25, -0.2) is 0 Å². The molecule has 4 atom stereocenters. The molecule has 0 aliphatic rings. The van der Waals surface area contributed by atoms with Crippen LogP contribution in [0.1, 0.15) is 152 Å². The van der Waals surface area contributed by atoms with E-state index in [-0.39, 0.29) is 0 Å². The molecule has 2 heteroatoms. The molecule has 36 heavy (non-hydrogen) atoms. The third-order valence-electron chi connectivity index (χ3n) is 9.30. The van der Waals surface area contributed by atoms with E-state index in [4.69, 9.17) is 0 Å². The second-order valence-corrected chi connectivity index (χ2v) is 25.6. The molecule has 0 aromatic heterocycles. The largest absolute Gasteiger partial charge is 0.0694 e. The molecule has 218 valence electrons. The van der Waals surface area contributed by atoms with Gasteiger partial charge in [0.2, 0.25) is 0 Å². The highest BCUT2D eigenvalue weighted by Gasteiger charge is 2.38. The Bertz CT molecular complexity index is 488. The van der Waals surface area contributed by atoms with Gasteiger partial charge >= 0.3 is 0 Å². The zero-order valence-electron chi connectivity index (χ0n) is 27.5. The van der Waals surface area contributed by atoms with Crippen molar-refractivity contribution < 1.29 is 0 Å². The van der Waals surface area contributed by atoms with Gasteiger partial charge in [0.05, 0.1) is 0 Å². The van der Waals surface area contributed by atoms with Crippen LogP contribution in [-0.4, -0.2) is 16.1 Å². The van der Waals surface area contributed by atoms with E-state index in [2.05, 4.69) is 68.5 Å². The second-order valence-electron chi connectivity index (χ2n) is 15.0. The van der Waals surface area contributed by atoms with E-state index in [0.29, 0.717) is 0 Å². The van der Waals surface area contributed by atoms with Gasteiger partial charge in [-0.1, -0.05) is 195 Å². The summed E-state index contributed by atoms with van der Waals surface area (Å²) in [5.74, 6) is 3.63. The Morgan fingerprint density at radius 2 is 1.00 bits per heavy atom. The predicted octanol–water partition coefficient (Wildman–Crippen LogP) is 13.2. The van der Waals surface area contributed by atoms with Crippen LogP contribution < -0.4 is 0 Å². The highest BCUT2D eigenvalue weighted by molar-refractivity contribution is 6.96. The average molecular weight is 539 g/mol. The van der Waals surface area contributed by atoms with Crippen LogP contribution >= 0.6 is 0 Å². The molecule has 0 fully saturated rings. The fraction of sp³-hybridized carbons (Fsp3) is 1.00. The van der Waals surface area contributed by atoms with E-state index in [9.17, 15) is 0 Å². The summed E-state index contributed by atoms with van der Waals surface area (Å²) in [6.45, 7) is 25.3. The molecule has 0 aliphatic heterocycles. The van der Waals surface area contributed by atoms with Gasteiger partial charge in [-0.2, -0.15) is 0 Å². The molecule has 0 rings (SSSR count). The minimum Gasteiger partial charge on any atom is -0.0694 e. The van der Waals surface area contributed by atoms with Crippen LogP contribution in [0.25, 0.3) is 0 Å². The quantitative estimate of drug-likeness (QED) is 0.0800. The summed E-state index contributed by atoms with van der Waals surface area (Å²) in [7, 11) is -2.35. The summed E-state index contributed by atoms with van der Waals surface area (Å²) in [6, 6.07) is 6.43. The van der Waals surface area contributed by atoms with Crippen molar-refractivity contribution in [3.63, 3.8) is 0 Å². The summed E-state index contributed by atoms with van der Waals surface area (Å²) in [5.41, 5.74) is 1.73. The molecular formula is C34H74Si2. The van der Waals surface area contributed by atoms with Crippen LogP contribution in [0.3, 0.4) is 0 Å². The molecule has 0 bridgehead atoms. The van der Waals surface area contributed by atoms with Crippen molar-refractivity contribution in [1.82, 2.24) is 0 Å². The smallest absolute Gasteiger partial charge is 0.0481 e. The average Bonchev–Trinajstić information content (AvgIpc) is 2.79. The van der Waals surface area contributed by atoms with Crippen molar-refractivity contribution in [2.45, 2.75) is 195 Å². The topological polar surface area (TPSA) is 0 Å². The van der Waals surface area contributed by atoms with E-state index >= 15 is 0 Å². The molecule has 0 spiro atoms. The SMILES string of the molecule is CCCCCCCCCCC[Si](C)(CC(C)C)C[Si](C)(CCC(C)CC)CCC(C)CCCC(C)C. The summed E-state index contributed by atoms with van der Waals surface area (Å²) >= 11 is 0. The monoisotopic (exact) mass is 539 g/mol. The molecular weight excluding hydrogens is 465 g/mol. The standard InChI is InChI=1S/C34H74Si2/c1-11-13-14-15-16-17-18-19-20-26-36(10,29-32(5)6)30-35(9,27-24-33(7)12-2)28-25-34(8)23-21-22-31(3)4/h31-34H,11-30H2,1-10H3. The normalized spacial score (nSPS) is 17.3. The lowest BCUT2D eigenvalue weighted by Crippen LogP contribution is -2.44. The van der Waals surface area contributed by atoms with Crippen molar-refractivity contribution in [2.75, 3.05) is 0 Å². The number of unbranched alkanes of at least 4 members (excludes halogenated alkanes) is 8. The number of rotatable bonds is 25. The zero-order valence-corrected chi connectivity index (χ0v) is 29.5. The van der Waals surface area contributed by atoms with Gasteiger partial charge < -0.3 is 0 Å². The first kappa shape index (κ1) is 36.4. The lowest BCUT2D eigenvalue weighted by atomic mass is 9.98. The molecule has 0 aromatic rings.